The predicted molar refractivity (Wildman–Crippen MR) is 75.8 cm³/mol. The van der Waals surface area contributed by atoms with Crippen molar-refractivity contribution < 1.29 is 4.79 Å². The molecule has 18 heavy (non-hydrogen) atoms. The third-order valence-electron chi connectivity index (χ3n) is 4.92. The Labute approximate surface area is 114 Å². The number of nitrogens with zero attached hydrogens (tertiary/aromatic N) is 1. The van der Waals surface area contributed by atoms with Gasteiger partial charge >= 0.3 is 0 Å². The first-order valence-corrected chi connectivity index (χ1v) is 8.46. The van der Waals surface area contributed by atoms with Gasteiger partial charge in [0.05, 0.1) is 6.04 Å². The second-order valence-electron chi connectivity index (χ2n) is 6.18. The van der Waals surface area contributed by atoms with Gasteiger partial charge in [0.1, 0.15) is 0 Å². The third-order valence-corrected chi connectivity index (χ3v) is 5.87. The van der Waals surface area contributed by atoms with Crippen molar-refractivity contribution in [3.63, 3.8) is 0 Å². The van der Waals surface area contributed by atoms with Crippen molar-refractivity contribution in [2.75, 3.05) is 31.1 Å². The molecule has 3 rings (SSSR count). The number of carbonyl (C=O) groups is 1. The van der Waals surface area contributed by atoms with Crippen LogP contribution in [0.2, 0.25) is 0 Å². The number of amides is 1. The van der Waals surface area contributed by atoms with Crippen LogP contribution in [-0.4, -0.2) is 48.0 Å². The van der Waals surface area contributed by atoms with Crippen LogP contribution in [0, 0.1) is 11.3 Å². The summed E-state index contributed by atoms with van der Waals surface area (Å²) >= 11 is 1.99. The molecule has 0 aromatic rings. The van der Waals surface area contributed by atoms with Crippen molar-refractivity contribution >= 4 is 17.7 Å². The number of hydrogen-bond acceptors (Lipinski definition) is 3. The average molecular weight is 268 g/mol. The van der Waals surface area contributed by atoms with E-state index in [9.17, 15) is 4.79 Å². The summed E-state index contributed by atoms with van der Waals surface area (Å²) in [5.41, 5.74) is 0.521. The van der Waals surface area contributed by atoms with Crippen molar-refractivity contribution in [1.29, 1.82) is 0 Å². The van der Waals surface area contributed by atoms with Crippen molar-refractivity contribution in [1.82, 2.24) is 10.2 Å². The van der Waals surface area contributed by atoms with Gasteiger partial charge in [-0.2, -0.15) is 11.8 Å². The van der Waals surface area contributed by atoms with E-state index in [1.165, 1.54) is 37.2 Å². The van der Waals surface area contributed by atoms with E-state index in [4.69, 9.17) is 0 Å². The van der Waals surface area contributed by atoms with Crippen molar-refractivity contribution in [3.8, 4) is 0 Å². The van der Waals surface area contributed by atoms with Crippen LogP contribution in [0.25, 0.3) is 0 Å². The van der Waals surface area contributed by atoms with Gasteiger partial charge in [0.15, 0.2) is 0 Å². The Morgan fingerprint density at radius 1 is 1.39 bits per heavy atom. The Morgan fingerprint density at radius 2 is 2.06 bits per heavy atom. The van der Waals surface area contributed by atoms with Gasteiger partial charge in [0.25, 0.3) is 0 Å². The van der Waals surface area contributed by atoms with Gasteiger partial charge in [0, 0.05) is 31.1 Å². The minimum atomic E-state index is 0.0564. The van der Waals surface area contributed by atoms with Gasteiger partial charge in [0.2, 0.25) is 5.91 Å². The van der Waals surface area contributed by atoms with Gasteiger partial charge in [-0.25, -0.2) is 0 Å². The lowest BCUT2D eigenvalue weighted by Crippen LogP contribution is -2.49. The fraction of sp³-hybridized carbons (Fsp3) is 0.929. The molecule has 2 saturated carbocycles. The van der Waals surface area contributed by atoms with Gasteiger partial charge < -0.3 is 5.32 Å². The normalized spacial score (nSPS) is 28.7. The van der Waals surface area contributed by atoms with Crippen LogP contribution >= 0.6 is 11.8 Å². The number of hydrogen-bond donors (Lipinski definition) is 1. The predicted octanol–water partition coefficient (Wildman–Crippen LogP) is 1.73. The highest BCUT2D eigenvalue weighted by Gasteiger charge is 2.53. The Hall–Kier alpha value is -0.220. The standard InChI is InChI=1S/C14H24N2OS/c1-11(16-6-8-18-9-7-16)13(17)15-10-14(4-5-14)12-2-3-12/h11-12H,2-10H2,1H3,(H,15,17). The maximum absolute atomic E-state index is 12.2. The number of carbonyl (C=O) groups excluding carboxylic acids is 1. The van der Waals surface area contributed by atoms with E-state index in [2.05, 4.69) is 17.1 Å². The van der Waals surface area contributed by atoms with E-state index in [1.54, 1.807) is 0 Å². The number of thioether (sulfide) groups is 1. The first-order chi connectivity index (χ1) is 8.71. The van der Waals surface area contributed by atoms with Crippen LogP contribution in [0.5, 0.6) is 0 Å². The topological polar surface area (TPSA) is 32.3 Å². The van der Waals surface area contributed by atoms with Crippen LogP contribution in [0.3, 0.4) is 0 Å². The zero-order chi connectivity index (χ0) is 12.6. The zero-order valence-corrected chi connectivity index (χ0v) is 12.1. The molecule has 3 aliphatic rings. The van der Waals surface area contributed by atoms with Crippen LogP contribution in [-0.2, 0) is 4.79 Å². The molecule has 1 heterocycles. The lowest BCUT2D eigenvalue weighted by atomic mass is 10.0. The Bertz CT molecular complexity index is 320. The summed E-state index contributed by atoms with van der Waals surface area (Å²) in [6, 6.07) is 0.0564. The summed E-state index contributed by atoms with van der Waals surface area (Å²) in [6.45, 7) is 5.12. The summed E-state index contributed by atoms with van der Waals surface area (Å²) in [4.78, 5) is 14.5. The molecule has 2 aliphatic carbocycles. The molecule has 0 aromatic carbocycles. The Morgan fingerprint density at radius 3 is 2.61 bits per heavy atom. The Balaban J connectivity index is 1.45. The first-order valence-electron chi connectivity index (χ1n) is 7.31. The second-order valence-corrected chi connectivity index (χ2v) is 7.40. The molecule has 1 amide bonds. The van der Waals surface area contributed by atoms with E-state index in [0.717, 1.165) is 25.6 Å². The minimum Gasteiger partial charge on any atom is -0.354 e. The maximum Gasteiger partial charge on any atom is 0.237 e. The molecule has 3 nitrogen and oxygen atoms in total. The van der Waals surface area contributed by atoms with Crippen molar-refractivity contribution in [2.45, 2.75) is 38.6 Å². The molecule has 0 bridgehead atoms. The summed E-state index contributed by atoms with van der Waals surface area (Å²) in [5, 5.41) is 3.22. The summed E-state index contributed by atoms with van der Waals surface area (Å²) in [6.07, 6.45) is 5.48. The smallest absolute Gasteiger partial charge is 0.237 e. The third kappa shape index (κ3) is 2.69. The van der Waals surface area contributed by atoms with Gasteiger partial charge in [-0.3, -0.25) is 9.69 Å². The summed E-state index contributed by atoms with van der Waals surface area (Å²) < 4.78 is 0. The molecule has 1 unspecified atom stereocenters. The molecule has 1 aliphatic heterocycles. The fourth-order valence-electron chi connectivity index (χ4n) is 3.13. The zero-order valence-electron chi connectivity index (χ0n) is 11.3. The SMILES string of the molecule is CC(C(=O)NCC1(C2CC2)CC1)N1CCSCC1. The summed E-state index contributed by atoms with van der Waals surface area (Å²) in [5.74, 6) is 3.51. The van der Waals surface area contributed by atoms with E-state index in [1.807, 2.05) is 11.8 Å². The van der Waals surface area contributed by atoms with Gasteiger partial charge in [-0.05, 0) is 43.9 Å². The van der Waals surface area contributed by atoms with E-state index in [0.29, 0.717) is 5.41 Å². The molecular weight excluding hydrogens is 244 g/mol. The van der Waals surface area contributed by atoms with Crippen molar-refractivity contribution in [3.05, 3.63) is 0 Å². The van der Waals surface area contributed by atoms with Gasteiger partial charge in [-0.1, -0.05) is 0 Å². The molecule has 0 radical (unpaired) electrons. The molecule has 3 fully saturated rings. The highest BCUT2D eigenvalue weighted by molar-refractivity contribution is 7.99. The average Bonchev–Trinajstić information content (AvgIpc) is 3.28. The monoisotopic (exact) mass is 268 g/mol. The van der Waals surface area contributed by atoms with Crippen molar-refractivity contribution in [2.24, 2.45) is 11.3 Å². The van der Waals surface area contributed by atoms with Crippen LogP contribution in [0.15, 0.2) is 0 Å². The molecular formula is C14H24N2OS. The molecule has 1 atom stereocenters. The van der Waals surface area contributed by atoms with Crippen LogP contribution in [0.1, 0.15) is 32.6 Å². The van der Waals surface area contributed by atoms with E-state index in [-0.39, 0.29) is 11.9 Å². The van der Waals surface area contributed by atoms with E-state index < -0.39 is 0 Å². The quantitative estimate of drug-likeness (QED) is 0.824. The lowest BCUT2D eigenvalue weighted by molar-refractivity contribution is -0.126. The number of nitrogens with one attached hydrogen (secondary N) is 1. The molecule has 1 N–H and O–H groups in total. The minimum absolute atomic E-state index is 0.0564. The molecule has 102 valence electrons. The number of rotatable bonds is 5. The highest BCUT2D eigenvalue weighted by atomic mass is 32.2. The lowest BCUT2D eigenvalue weighted by Gasteiger charge is -2.31. The van der Waals surface area contributed by atoms with E-state index >= 15 is 0 Å². The largest absolute Gasteiger partial charge is 0.354 e. The second kappa shape index (κ2) is 5.04. The van der Waals surface area contributed by atoms with Gasteiger partial charge in [-0.15, -0.1) is 0 Å². The molecule has 4 heteroatoms. The summed E-state index contributed by atoms with van der Waals surface area (Å²) in [7, 11) is 0. The molecule has 0 spiro atoms. The van der Waals surface area contributed by atoms with Crippen LogP contribution < -0.4 is 5.32 Å². The van der Waals surface area contributed by atoms with Crippen LogP contribution in [0.4, 0.5) is 0 Å². The molecule has 1 saturated heterocycles. The maximum atomic E-state index is 12.2. The first kappa shape index (κ1) is 12.8. The fourth-order valence-corrected chi connectivity index (χ4v) is 4.06. The Kier molecular flexibility index (Phi) is 3.59. The highest BCUT2D eigenvalue weighted by Crippen LogP contribution is 2.60. The molecule has 0 aromatic heterocycles.